The van der Waals surface area contributed by atoms with E-state index in [1.165, 1.54) is 47.5 Å². The van der Waals surface area contributed by atoms with E-state index >= 15 is 0 Å². The van der Waals surface area contributed by atoms with Gasteiger partial charge in [0, 0.05) is 82.8 Å². The van der Waals surface area contributed by atoms with E-state index in [0.29, 0.717) is 74.0 Å². The number of aromatic amines is 1. The van der Waals surface area contributed by atoms with E-state index in [9.17, 15) is 52.3 Å². The molecule has 0 aliphatic carbocycles. The quantitative estimate of drug-likeness (QED) is 0.0200. The van der Waals surface area contributed by atoms with Gasteiger partial charge in [0.25, 0.3) is 10.1 Å². The summed E-state index contributed by atoms with van der Waals surface area (Å²) in [6.45, 7) is 11.5. The molecule has 438 valence electrons. The van der Waals surface area contributed by atoms with Gasteiger partial charge in [-0.1, -0.05) is 91.1 Å². The van der Waals surface area contributed by atoms with Crippen LogP contribution >= 0.6 is 0 Å². The number of aliphatic hydroxyl groups is 1. The Hall–Kier alpha value is -6.46. The molecular formula is C56H86N10O12S. The van der Waals surface area contributed by atoms with Crippen LogP contribution in [0.25, 0.3) is 0 Å². The Morgan fingerprint density at radius 1 is 0.873 bits per heavy atom. The first-order chi connectivity index (χ1) is 37.4. The van der Waals surface area contributed by atoms with Gasteiger partial charge in [0.05, 0.1) is 24.2 Å². The summed E-state index contributed by atoms with van der Waals surface area (Å²) >= 11 is 0. The van der Waals surface area contributed by atoms with Crippen molar-refractivity contribution in [1.29, 1.82) is 0 Å². The minimum Gasteiger partial charge on any atom is -0.618 e. The fourth-order valence-corrected chi connectivity index (χ4v) is 10.2. The summed E-state index contributed by atoms with van der Waals surface area (Å²) in [4.78, 5) is 109. The number of amides is 7. The number of H-pyrrole nitrogens is 1. The van der Waals surface area contributed by atoms with Crippen molar-refractivity contribution in [2.24, 2.45) is 23.7 Å². The summed E-state index contributed by atoms with van der Waals surface area (Å²) in [6, 6.07) is 8.92. The maximum atomic E-state index is 14.9. The minimum absolute atomic E-state index is 0.0188. The largest absolute Gasteiger partial charge is 0.618 e. The van der Waals surface area contributed by atoms with Crippen molar-refractivity contribution in [3.05, 3.63) is 89.4 Å². The standard InChI is InChI=1S/C56H86N10O12S/c1-9-39(6)51(55(73)58-35-42-22-17-18-27-66(42)75)62-52(70)43(38(4)5)33-48(67)44(30-37(2)3)60-54(72)47(32-41-34-57-36-59-41)64(8)56(74)45(31-40-20-13-12-14-21-40)61-53(71)46-23-19-26-65(46)50(69)25-16-11-10-15-24-49(68)63(7)28-29-79(76,77)78/h12-14,17-18,20-22,27,34,36-39,43-48,51,67H,9-11,15-16,19,23-26,28-33,35H2,1-8H3,(H,57,59)(H,58,73)(H,60,72)(H,61,71)(H,62,70)(H,76,77,78). The Morgan fingerprint density at radius 3 is 2.18 bits per heavy atom. The summed E-state index contributed by atoms with van der Waals surface area (Å²) in [6.07, 6.45) is 7.53. The molecule has 2 aromatic heterocycles. The SMILES string of the molecule is CCC(C)C(NC(=O)C(CC(O)C(CC(C)C)NC(=O)C(Cc1cnc[nH]1)N(C)C(=O)C(Cc1ccccc1)NC(=O)C1CCCN1C(=O)CCCCCCC(=O)N(C)CCS(=O)(=O)O)C(C)C)C(=O)NCc1cccc[n+]1[O-]. The molecule has 7 N–H and O–H groups in total. The van der Waals surface area contributed by atoms with Crippen molar-refractivity contribution in [1.82, 2.24) is 45.9 Å². The Kier molecular flexibility index (Phi) is 26.3. The number of rotatable bonds is 33. The lowest BCUT2D eigenvalue weighted by atomic mass is 9.85. The Bertz CT molecular complexity index is 2550. The van der Waals surface area contributed by atoms with Crippen LogP contribution in [0.1, 0.15) is 129 Å². The molecule has 79 heavy (non-hydrogen) atoms. The van der Waals surface area contributed by atoms with Crippen molar-refractivity contribution in [3.8, 4) is 0 Å². The second kappa shape index (κ2) is 32.0. The first-order valence-corrected chi connectivity index (χ1v) is 29.3. The highest BCUT2D eigenvalue weighted by molar-refractivity contribution is 7.85. The molecule has 3 heterocycles. The van der Waals surface area contributed by atoms with Crippen molar-refractivity contribution >= 4 is 51.5 Å². The fourth-order valence-electron chi connectivity index (χ4n) is 9.74. The molecule has 1 saturated heterocycles. The average Bonchev–Trinajstić information content (AvgIpc) is 4.14. The smallest absolute Gasteiger partial charge is 0.266 e. The maximum Gasteiger partial charge on any atom is 0.266 e. The van der Waals surface area contributed by atoms with E-state index in [0.717, 1.165) is 5.56 Å². The second-order valence-electron chi connectivity index (χ2n) is 21.8. The van der Waals surface area contributed by atoms with Gasteiger partial charge in [0.15, 0.2) is 6.20 Å². The summed E-state index contributed by atoms with van der Waals surface area (Å²) < 4.78 is 31.7. The molecule has 1 fully saturated rings. The Labute approximate surface area is 466 Å². The van der Waals surface area contributed by atoms with Crippen LogP contribution in [0.15, 0.2) is 67.3 Å². The molecule has 23 heteroatoms. The van der Waals surface area contributed by atoms with Crippen LogP contribution in [0.5, 0.6) is 0 Å². The third-order valence-corrected chi connectivity index (χ3v) is 15.5. The zero-order valence-corrected chi connectivity index (χ0v) is 48.1. The van der Waals surface area contributed by atoms with Gasteiger partial charge in [0.1, 0.15) is 30.7 Å². The van der Waals surface area contributed by atoms with E-state index in [4.69, 9.17) is 4.55 Å². The highest BCUT2D eigenvalue weighted by Crippen LogP contribution is 2.25. The number of carbonyl (C=O) groups excluding carboxylic acids is 7. The van der Waals surface area contributed by atoms with E-state index in [1.54, 1.807) is 18.2 Å². The number of pyridine rings is 1. The van der Waals surface area contributed by atoms with Gasteiger partial charge in [0.2, 0.25) is 47.0 Å². The summed E-state index contributed by atoms with van der Waals surface area (Å²) in [5, 5.41) is 36.0. The highest BCUT2D eigenvalue weighted by Gasteiger charge is 2.40. The fraction of sp³-hybridized carbons (Fsp3) is 0.625. The third-order valence-electron chi connectivity index (χ3n) is 14.8. The van der Waals surface area contributed by atoms with E-state index in [1.807, 2.05) is 71.9 Å². The summed E-state index contributed by atoms with van der Waals surface area (Å²) in [7, 11) is -1.24. The number of hydrogen-bond donors (Lipinski definition) is 7. The zero-order valence-electron chi connectivity index (χ0n) is 47.3. The number of unbranched alkanes of at least 4 members (excludes halogenated alkanes) is 3. The van der Waals surface area contributed by atoms with Gasteiger partial charge in [-0.25, -0.2) is 4.98 Å². The molecule has 0 spiro atoms. The minimum atomic E-state index is -4.19. The first kappa shape index (κ1) is 65.1. The maximum absolute atomic E-state index is 14.9. The lowest BCUT2D eigenvalue weighted by Crippen LogP contribution is -2.59. The van der Waals surface area contributed by atoms with Crippen LogP contribution in [-0.4, -0.2) is 153 Å². The molecule has 1 aromatic carbocycles. The molecule has 8 unspecified atom stereocenters. The number of likely N-dealkylation sites (tertiary alicyclic amines) is 1. The predicted octanol–water partition coefficient (Wildman–Crippen LogP) is 3.22. The molecule has 7 amide bonds. The molecule has 0 saturated carbocycles. The van der Waals surface area contributed by atoms with Crippen molar-refractivity contribution in [3.63, 3.8) is 0 Å². The third kappa shape index (κ3) is 21.3. The predicted molar refractivity (Wildman–Crippen MR) is 296 cm³/mol. The number of nitrogens with one attached hydrogen (secondary N) is 5. The normalized spacial score (nSPS) is 16.3. The number of aliphatic hydroxyl groups excluding tert-OH is 1. The first-order valence-electron chi connectivity index (χ1n) is 27.7. The molecular weight excluding hydrogens is 1040 g/mol. The van der Waals surface area contributed by atoms with Crippen LogP contribution in [0.4, 0.5) is 0 Å². The molecule has 1 aliphatic heterocycles. The zero-order chi connectivity index (χ0) is 58.4. The van der Waals surface area contributed by atoms with Gasteiger partial charge in [-0.3, -0.25) is 38.1 Å². The monoisotopic (exact) mass is 1120 g/mol. The average molecular weight is 1120 g/mol. The lowest BCUT2D eigenvalue weighted by molar-refractivity contribution is -0.614. The summed E-state index contributed by atoms with van der Waals surface area (Å²) in [5.41, 5.74) is 1.59. The van der Waals surface area contributed by atoms with Crippen LogP contribution in [0.3, 0.4) is 0 Å². The number of carbonyl (C=O) groups is 7. The molecule has 4 rings (SSSR count). The van der Waals surface area contributed by atoms with Crippen LogP contribution < -0.4 is 26.0 Å². The molecule has 0 bridgehead atoms. The number of aromatic nitrogens is 3. The molecule has 3 aromatic rings. The van der Waals surface area contributed by atoms with E-state index in [2.05, 4.69) is 31.2 Å². The highest BCUT2D eigenvalue weighted by atomic mass is 32.2. The van der Waals surface area contributed by atoms with Crippen molar-refractivity contribution in [2.75, 3.05) is 32.9 Å². The van der Waals surface area contributed by atoms with Crippen molar-refractivity contribution in [2.45, 2.75) is 168 Å². The number of benzene rings is 1. The van der Waals surface area contributed by atoms with Gasteiger partial charge in [-0.2, -0.15) is 13.1 Å². The van der Waals surface area contributed by atoms with Crippen LogP contribution in [0.2, 0.25) is 0 Å². The van der Waals surface area contributed by atoms with Crippen LogP contribution in [0, 0.1) is 28.9 Å². The molecule has 1 aliphatic rings. The van der Waals surface area contributed by atoms with Crippen LogP contribution in [-0.2, 0) is 63.1 Å². The number of hydrogen-bond acceptors (Lipinski definition) is 12. The number of nitrogens with zero attached hydrogens (tertiary/aromatic N) is 5. The Morgan fingerprint density at radius 2 is 1.56 bits per heavy atom. The van der Waals surface area contributed by atoms with Crippen molar-refractivity contribution < 1.29 is 56.4 Å². The summed E-state index contributed by atoms with van der Waals surface area (Å²) in [5.74, 6) is -5.03. The second-order valence-corrected chi connectivity index (χ2v) is 23.3. The molecule has 0 radical (unpaired) electrons. The van der Waals surface area contributed by atoms with Gasteiger partial charge in [-0.15, -0.1) is 0 Å². The lowest BCUT2D eigenvalue weighted by Gasteiger charge is -2.35. The van der Waals surface area contributed by atoms with E-state index < -0.39 is 87.6 Å². The van der Waals surface area contributed by atoms with E-state index in [-0.39, 0.29) is 74.8 Å². The van der Waals surface area contributed by atoms with Gasteiger partial charge < -0.3 is 51.3 Å². The molecule has 22 nitrogen and oxygen atoms in total. The number of likely N-dealkylation sites (N-methyl/N-ethyl adjacent to an activating group) is 1. The molecule has 8 atom stereocenters. The van der Waals surface area contributed by atoms with Gasteiger partial charge in [-0.05, 0) is 67.9 Å². The van der Waals surface area contributed by atoms with Gasteiger partial charge >= 0.3 is 0 Å². The Balaban J connectivity index is 1.48. The number of imidazole rings is 1. The topological polar surface area (TPSA) is 308 Å².